The highest BCUT2D eigenvalue weighted by atomic mass is 16.7. The third-order valence-corrected chi connectivity index (χ3v) is 15.9. The molecule has 10 atom stereocenters. The highest BCUT2D eigenvalue weighted by molar-refractivity contribution is 5.91. The van der Waals surface area contributed by atoms with Crippen molar-refractivity contribution in [1.82, 2.24) is 0 Å². The summed E-state index contributed by atoms with van der Waals surface area (Å²) in [6, 6.07) is 10.4. The van der Waals surface area contributed by atoms with Gasteiger partial charge in [-0.3, -0.25) is 4.79 Å². The first-order chi connectivity index (χ1) is 26.6. The molecule has 0 radical (unpaired) electrons. The molecule has 3 heterocycles. The number of carbonyl (C=O) groups excluding carboxylic acids is 1. The Kier molecular flexibility index (Phi) is 9.72. The van der Waals surface area contributed by atoms with Crippen molar-refractivity contribution in [2.45, 2.75) is 117 Å². The van der Waals surface area contributed by atoms with E-state index in [-0.39, 0.29) is 35.8 Å². The van der Waals surface area contributed by atoms with Crippen LogP contribution in [-0.2, 0) is 22.5 Å². The lowest BCUT2D eigenvalue weighted by molar-refractivity contribution is -0.686. The highest BCUT2D eigenvalue weighted by Gasteiger charge is 2.63. The molecule has 2 aliphatic heterocycles. The number of aryl methyl sites for hydroxylation is 2. The number of aromatic nitrogens is 1. The lowest BCUT2D eigenvalue weighted by Gasteiger charge is -2.62. The van der Waals surface area contributed by atoms with E-state index in [0.717, 1.165) is 85.0 Å². The van der Waals surface area contributed by atoms with Gasteiger partial charge in [-0.25, -0.2) is 0 Å². The Morgan fingerprint density at radius 2 is 1.84 bits per heavy atom. The molecule has 5 unspecified atom stereocenters. The smallest absolute Gasteiger partial charge is 0.305 e. The van der Waals surface area contributed by atoms with Gasteiger partial charge in [0.05, 0.1) is 43.5 Å². The van der Waals surface area contributed by atoms with Crippen molar-refractivity contribution in [3.63, 3.8) is 0 Å². The number of pyridine rings is 1. The van der Waals surface area contributed by atoms with Gasteiger partial charge >= 0.3 is 5.97 Å². The maximum Gasteiger partial charge on any atom is 0.305 e. The number of fused-ring (bicyclic) bond motifs is 10. The Balaban J connectivity index is 0.782. The molecular weight excluding hydrogens is 695 g/mol. The van der Waals surface area contributed by atoms with E-state index in [4.69, 9.17) is 23.7 Å². The van der Waals surface area contributed by atoms with Crippen molar-refractivity contribution in [2.24, 2.45) is 46.3 Å². The average Bonchev–Trinajstić information content (AvgIpc) is 3.80. The van der Waals surface area contributed by atoms with E-state index in [1.165, 1.54) is 24.8 Å². The van der Waals surface area contributed by atoms with Gasteiger partial charge < -0.3 is 33.9 Å². The van der Waals surface area contributed by atoms with Gasteiger partial charge in [0, 0.05) is 25.3 Å². The molecule has 0 saturated heterocycles. The lowest BCUT2D eigenvalue weighted by Crippen LogP contribution is -2.58. The molecule has 4 fully saturated rings. The molecular formula is C46H60NO8+. The van der Waals surface area contributed by atoms with Crippen molar-refractivity contribution in [2.75, 3.05) is 27.1 Å². The number of aliphatic hydroxyl groups is 2. The fraction of sp³-hybridized carbons (Fsp3) is 0.652. The van der Waals surface area contributed by atoms with E-state index in [9.17, 15) is 15.0 Å². The lowest BCUT2D eigenvalue weighted by atomic mass is 9.43. The largest absolute Gasteiger partial charge is 0.493 e. The molecule has 2 N–H and O–H groups in total. The molecule has 1 aromatic heterocycles. The number of hydrogen-bond acceptors (Lipinski definition) is 8. The zero-order valence-corrected chi connectivity index (χ0v) is 33.2. The minimum Gasteiger partial charge on any atom is -0.493 e. The fourth-order valence-corrected chi connectivity index (χ4v) is 12.9. The van der Waals surface area contributed by atoms with Gasteiger partial charge in [-0.15, -0.1) is 0 Å². The molecule has 2 aromatic carbocycles. The minimum absolute atomic E-state index is 0.103. The number of carbonyl (C=O) groups is 1. The van der Waals surface area contributed by atoms with Crippen molar-refractivity contribution in [3.8, 4) is 34.3 Å². The summed E-state index contributed by atoms with van der Waals surface area (Å²) >= 11 is 0. The quantitative estimate of drug-likeness (QED) is 0.123. The molecule has 0 spiro atoms. The minimum atomic E-state index is -0.310. The van der Waals surface area contributed by atoms with Crippen LogP contribution in [0.2, 0.25) is 0 Å². The van der Waals surface area contributed by atoms with Gasteiger partial charge in [-0.05, 0) is 139 Å². The zero-order valence-electron chi connectivity index (χ0n) is 33.2. The molecule has 9 rings (SSSR count). The Hall–Kier alpha value is -3.56. The van der Waals surface area contributed by atoms with Crippen LogP contribution in [0.15, 0.2) is 36.5 Å². The number of esters is 1. The molecule has 55 heavy (non-hydrogen) atoms. The van der Waals surface area contributed by atoms with Gasteiger partial charge in [-0.2, -0.15) is 4.57 Å². The van der Waals surface area contributed by atoms with Gasteiger partial charge in [0.1, 0.15) is 0 Å². The summed E-state index contributed by atoms with van der Waals surface area (Å²) in [4.78, 5) is 13.0. The zero-order chi connectivity index (χ0) is 38.1. The molecule has 6 aliphatic rings. The maximum atomic E-state index is 13.0. The standard InChI is InChI=1S/C46H60NO8/c1-27(35-10-11-36-32-9-8-30-22-31(48)14-16-45(30,2)37(32)24-42(49)46(35,36)3)6-13-43(50)52-18-5-19-53-44-34-25-47-17-15-29-21-40-41(55-26-54-40)23-33(29)38(47)20-28(34)7-12-39(44)51-4/h7,12,20-21,23,25,27,30-32,35-37,42,48-49H,5-6,8-11,13-19,22,24,26H2,1-4H3/q+1/t27-,30?,31-,32?,35?,36?,37?,42+,45+,46-/m1/s1. The van der Waals surface area contributed by atoms with Gasteiger partial charge in [0.2, 0.25) is 12.5 Å². The molecule has 9 nitrogen and oxygen atoms in total. The predicted octanol–water partition coefficient (Wildman–Crippen LogP) is 7.81. The summed E-state index contributed by atoms with van der Waals surface area (Å²) in [6.45, 7) is 8.95. The summed E-state index contributed by atoms with van der Waals surface area (Å²) in [7, 11) is 1.66. The van der Waals surface area contributed by atoms with Crippen LogP contribution in [0.1, 0.15) is 97.0 Å². The molecule has 0 bridgehead atoms. The summed E-state index contributed by atoms with van der Waals surface area (Å²) < 4.78 is 31.4. The average molecular weight is 755 g/mol. The number of rotatable bonds is 10. The van der Waals surface area contributed by atoms with Gasteiger partial charge in [-0.1, -0.05) is 20.8 Å². The summed E-state index contributed by atoms with van der Waals surface area (Å²) in [5.74, 6) is 5.91. The van der Waals surface area contributed by atoms with Gasteiger partial charge in [0.25, 0.3) is 0 Å². The second-order valence-electron chi connectivity index (χ2n) is 18.4. The number of ether oxygens (including phenoxy) is 5. The molecule has 4 aliphatic carbocycles. The fourth-order valence-electron chi connectivity index (χ4n) is 12.9. The molecule has 9 heteroatoms. The van der Waals surface area contributed by atoms with E-state index in [0.29, 0.717) is 73.1 Å². The van der Waals surface area contributed by atoms with E-state index in [2.05, 4.69) is 55.8 Å². The second-order valence-corrected chi connectivity index (χ2v) is 18.4. The van der Waals surface area contributed by atoms with Gasteiger partial charge in [0.15, 0.2) is 35.7 Å². The van der Waals surface area contributed by atoms with Crippen LogP contribution in [0.5, 0.6) is 23.0 Å². The summed E-state index contributed by atoms with van der Waals surface area (Å²) in [5.41, 5.74) is 3.69. The Morgan fingerprint density at radius 1 is 1.00 bits per heavy atom. The topological polar surface area (TPSA) is 108 Å². The van der Waals surface area contributed by atoms with Crippen molar-refractivity contribution >= 4 is 16.7 Å². The Labute approximate surface area is 325 Å². The SMILES string of the molecule is COc1ccc2cc3[n+](cc2c1OCCCOC(=O)CC[C@@H](C)C1CCC2C4CCC5C[C@H](O)CC[C@]5(C)C4C[C@H](O)[C@@]21C)CCc1cc2c(cc1-3)OCO2. The van der Waals surface area contributed by atoms with E-state index >= 15 is 0 Å². The van der Waals surface area contributed by atoms with Crippen LogP contribution < -0.4 is 23.5 Å². The Bertz CT molecular complexity index is 1950. The highest BCUT2D eigenvalue weighted by Crippen LogP contribution is 2.68. The van der Waals surface area contributed by atoms with Crippen molar-refractivity contribution < 1.29 is 43.3 Å². The first-order valence-corrected chi connectivity index (χ1v) is 21.2. The first kappa shape index (κ1) is 37.0. The van der Waals surface area contributed by atoms with Crippen molar-refractivity contribution in [3.05, 3.63) is 42.1 Å². The van der Waals surface area contributed by atoms with Crippen LogP contribution >= 0.6 is 0 Å². The van der Waals surface area contributed by atoms with Crippen LogP contribution in [-0.4, -0.2) is 55.5 Å². The van der Waals surface area contributed by atoms with E-state index in [1.54, 1.807) is 7.11 Å². The number of benzene rings is 2. The van der Waals surface area contributed by atoms with Crippen LogP contribution in [0, 0.1) is 46.3 Å². The second kappa shape index (κ2) is 14.4. The molecule has 296 valence electrons. The maximum absolute atomic E-state index is 13.0. The van der Waals surface area contributed by atoms with Crippen LogP contribution in [0.3, 0.4) is 0 Å². The number of hydrogen-bond donors (Lipinski definition) is 2. The third kappa shape index (κ3) is 6.27. The molecule has 4 saturated carbocycles. The summed E-state index contributed by atoms with van der Waals surface area (Å²) in [5, 5.41) is 24.4. The Morgan fingerprint density at radius 3 is 2.67 bits per heavy atom. The normalized spacial score (nSPS) is 33.5. The first-order valence-electron chi connectivity index (χ1n) is 21.2. The van der Waals surface area contributed by atoms with E-state index in [1.807, 2.05) is 6.07 Å². The molecule has 3 aromatic rings. The monoisotopic (exact) mass is 754 g/mol. The van der Waals surface area contributed by atoms with Crippen LogP contribution in [0.4, 0.5) is 0 Å². The summed E-state index contributed by atoms with van der Waals surface area (Å²) in [6.07, 6.45) is 12.9. The van der Waals surface area contributed by atoms with Crippen LogP contribution in [0.25, 0.3) is 22.0 Å². The van der Waals surface area contributed by atoms with E-state index < -0.39 is 0 Å². The van der Waals surface area contributed by atoms with Crippen molar-refractivity contribution in [1.29, 1.82) is 0 Å². The number of methoxy groups -OCH3 is 1. The third-order valence-electron chi connectivity index (χ3n) is 15.9. The predicted molar refractivity (Wildman–Crippen MR) is 208 cm³/mol. The molecule has 0 amide bonds. The number of nitrogens with zero attached hydrogens (tertiary/aromatic N) is 1. The number of aliphatic hydroxyl groups excluding tert-OH is 2.